The number of nitrogens with zero attached hydrogens (tertiary/aromatic N) is 2. The largest absolute Gasteiger partial charge is 0.481 e. The van der Waals surface area contributed by atoms with Crippen molar-refractivity contribution >= 4 is 35.1 Å². The van der Waals surface area contributed by atoms with E-state index in [1.54, 1.807) is 22.9 Å². The number of thiazole rings is 1. The average molecular weight is 329 g/mol. The second-order valence-corrected chi connectivity index (χ2v) is 7.46. The first-order chi connectivity index (χ1) is 9.90. The van der Waals surface area contributed by atoms with E-state index in [4.69, 9.17) is 5.11 Å². The summed E-state index contributed by atoms with van der Waals surface area (Å²) in [5.74, 6) is 0.623. The molecule has 0 radical (unpaired) electrons. The van der Waals surface area contributed by atoms with Gasteiger partial charge in [-0.05, 0) is 13.8 Å². The molecule has 0 bridgehead atoms. The van der Waals surface area contributed by atoms with Crippen LogP contribution >= 0.6 is 23.1 Å². The van der Waals surface area contributed by atoms with Crippen molar-refractivity contribution in [2.24, 2.45) is 0 Å². The summed E-state index contributed by atoms with van der Waals surface area (Å²) in [4.78, 5) is 29.3. The first kappa shape index (κ1) is 16.1. The van der Waals surface area contributed by atoms with Crippen molar-refractivity contribution in [1.29, 1.82) is 0 Å². The van der Waals surface area contributed by atoms with Crippen LogP contribution in [-0.4, -0.2) is 51.1 Å². The molecule has 1 aliphatic rings. The molecule has 2 N–H and O–H groups in total. The van der Waals surface area contributed by atoms with Crippen molar-refractivity contribution in [2.75, 3.05) is 18.1 Å². The number of carboxylic acids is 1. The summed E-state index contributed by atoms with van der Waals surface area (Å²) in [6.07, 6.45) is 1.69. The summed E-state index contributed by atoms with van der Waals surface area (Å²) in [5, 5.41) is 14.6. The van der Waals surface area contributed by atoms with Gasteiger partial charge in [0.2, 0.25) is 0 Å². The molecule has 21 heavy (non-hydrogen) atoms. The number of thioether (sulfide) groups is 1. The summed E-state index contributed by atoms with van der Waals surface area (Å²) in [6.45, 7) is 4.37. The Kier molecular flexibility index (Phi) is 5.10. The highest BCUT2D eigenvalue weighted by Gasteiger charge is 2.33. The molecule has 0 aromatic carbocycles. The molecule has 2 heterocycles. The molecule has 0 spiro atoms. The van der Waals surface area contributed by atoms with E-state index >= 15 is 0 Å². The van der Waals surface area contributed by atoms with Crippen LogP contribution in [-0.2, 0) is 10.3 Å². The SMILES string of the molecule is CC(C)(NC(=O)N1CCSCC1CC(=O)O)c1nccs1. The lowest BCUT2D eigenvalue weighted by atomic mass is 10.1. The average Bonchev–Trinajstić information content (AvgIpc) is 2.92. The number of carboxylic acid groups (broad SMARTS) is 1. The molecule has 8 heteroatoms. The van der Waals surface area contributed by atoms with Crippen molar-refractivity contribution in [3.05, 3.63) is 16.6 Å². The molecular weight excluding hydrogens is 310 g/mol. The van der Waals surface area contributed by atoms with Gasteiger partial charge < -0.3 is 15.3 Å². The third-order valence-corrected chi connectivity index (χ3v) is 5.47. The van der Waals surface area contributed by atoms with Gasteiger partial charge in [0.25, 0.3) is 0 Å². The zero-order chi connectivity index (χ0) is 15.5. The lowest BCUT2D eigenvalue weighted by Gasteiger charge is -2.37. The summed E-state index contributed by atoms with van der Waals surface area (Å²) in [6, 6.07) is -0.477. The molecule has 116 valence electrons. The molecule has 1 aliphatic heterocycles. The molecule has 1 saturated heterocycles. The second-order valence-electron chi connectivity index (χ2n) is 5.41. The maximum absolute atomic E-state index is 12.5. The first-order valence-corrected chi connectivity index (χ1v) is 8.72. The van der Waals surface area contributed by atoms with E-state index in [1.807, 2.05) is 19.2 Å². The second kappa shape index (κ2) is 6.65. The summed E-state index contributed by atoms with van der Waals surface area (Å²) < 4.78 is 0. The predicted molar refractivity (Wildman–Crippen MR) is 83.7 cm³/mol. The molecule has 1 unspecified atom stereocenters. The van der Waals surface area contributed by atoms with Crippen molar-refractivity contribution < 1.29 is 14.7 Å². The van der Waals surface area contributed by atoms with Crippen molar-refractivity contribution in [1.82, 2.24) is 15.2 Å². The van der Waals surface area contributed by atoms with Gasteiger partial charge in [-0.2, -0.15) is 11.8 Å². The van der Waals surface area contributed by atoms with Crippen molar-refractivity contribution in [3.63, 3.8) is 0 Å². The van der Waals surface area contributed by atoms with E-state index in [1.165, 1.54) is 11.3 Å². The van der Waals surface area contributed by atoms with Crippen LogP contribution in [0.25, 0.3) is 0 Å². The van der Waals surface area contributed by atoms with Crippen molar-refractivity contribution in [3.8, 4) is 0 Å². The Hall–Kier alpha value is -1.28. The number of aromatic nitrogens is 1. The molecular formula is C13H19N3O3S2. The number of carbonyl (C=O) groups is 2. The fraction of sp³-hybridized carbons (Fsp3) is 0.615. The Morgan fingerprint density at radius 1 is 1.57 bits per heavy atom. The van der Waals surface area contributed by atoms with Crippen LogP contribution in [0.2, 0.25) is 0 Å². The number of amides is 2. The predicted octanol–water partition coefficient (Wildman–Crippen LogP) is 1.98. The fourth-order valence-corrected chi connectivity index (χ4v) is 4.00. The molecule has 2 amide bonds. The van der Waals surface area contributed by atoms with E-state index in [0.29, 0.717) is 12.3 Å². The number of rotatable bonds is 4. The quantitative estimate of drug-likeness (QED) is 0.882. The van der Waals surface area contributed by atoms with E-state index in [-0.39, 0.29) is 18.5 Å². The number of nitrogens with one attached hydrogen (secondary N) is 1. The Labute approximate surface area is 131 Å². The summed E-state index contributed by atoms with van der Waals surface area (Å²) in [7, 11) is 0. The minimum absolute atomic E-state index is 0.0158. The molecule has 6 nitrogen and oxygen atoms in total. The zero-order valence-electron chi connectivity index (χ0n) is 12.0. The number of hydrogen-bond acceptors (Lipinski definition) is 5. The highest BCUT2D eigenvalue weighted by Crippen LogP contribution is 2.24. The minimum atomic E-state index is -0.875. The van der Waals surface area contributed by atoms with E-state index in [9.17, 15) is 9.59 Å². The van der Waals surface area contributed by atoms with Crippen LogP contribution in [0, 0.1) is 0 Å². The molecule has 1 aromatic rings. The molecule has 0 aliphatic carbocycles. The van der Waals surface area contributed by atoms with Crippen LogP contribution in [0.1, 0.15) is 25.3 Å². The fourth-order valence-electron chi connectivity index (χ4n) is 2.22. The Morgan fingerprint density at radius 2 is 2.33 bits per heavy atom. The normalized spacial score (nSPS) is 19.3. The maximum atomic E-state index is 12.5. The Morgan fingerprint density at radius 3 is 2.95 bits per heavy atom. The summed E-state index contributed by atoms with van der Waals surface area (Å²) >= 11 is 3.17. The van der Waals surface area contributed by atoms with Gasteiger partial charge in [0.1, 0.15) is 5.01 Å². The van der Waals surface area contributed by atoms with Gasteiger partial charge in [0.15, 0.2) is 0 Å². The van der Waals surface area contributed by atoms with Gasteiger partial charge >= 0.3 is 12.0 Å². The summed E-state index contributed by atoms with van der Waals surface area (Å²) in [5.41, 5.74) is -0.566. The van der Waals surface area contributed by atoms with Crippen LogP contribution in [0.5, 0.6) is 0 Å². The van der Waals surface area contributed by atoms with Gasteiger partial charge in [-0.15, -0.1) is 11.3 Å². The molecule has 0 saturated carbocycles. The standard InChI is InChI=1S/C13H19N3O3S2/c1-13(2,11-14-3-5-21-11)15-12(19)16-4-6-20-8-9(16)7-10(17)18/h3,5,9H,4,6-8H2,1-2H3,(H,15,19)(H,17,18). The molecule has 1 atom stereocenters. The minimum Gasteiger partial charge on any atom is -0.481 e. The van der Waals surface area contributed by atoms with Crippen LogP contribution in [0.15, 0.2) is 11.6 Å². The number of carbonyl (C=O) groups excluding carboxylic acids is 1. The molecule has 1 fully saturated rings. The monoisotopic (exact) mass is 329 g/mol. The lowest BCUT2D eigenvalue weighted by Crippen LogP contribution is -2.55. The van der Waals surface area contributed by atoms with E-state index < -0.39 is 11.5 Å². The van der Waals surface area contributed by atoms with Crippen molar-refractivity contribution in [2.45, 2.75) is 31.8 Å². The van der Waals surface area contributed by atoms with E-state index in [2.05, 4.69) is 10.3 Å². The number of urea groups is 1. The zero-order valence-corrected chi connectivity index (χ0v) is 13.7. The van der Waals surface area contributed by atoms with Crippen LogP contribution in [0.3, 0.4) is 0 Å². The Balaban J connectivity index is 2.05. The third kappa shape index (κ3) is 4.10. The highest BCUT2D eigenvalue weighted by atomic mass is 32.2. The van der Waals surface area contributed by atoms with Gasteiger partial charge in [0, 0.05) is 29.6 Å². The smallest absolute Gasteiger partial charge is 0.318 e. The van der Waals surface area contributed by atoms with Gasteiger partial charge in [-0.1, -0.05) is 0 Å². The van der Waals surface area contributed by atoms with Gasteiger partial charge in [-0.25, -0.2) is 9.78 Å². The number of hydrogen-bond donors (Lipinski definition) is 2. The molecule has 1 aromatic heterocycles. The number of aliphatic carboxylic acids is 1. The first-order valence-electron chi connectivity index (χ1n) is 6.68. The topological polar surface area (TPSA) is 82.5 Å². The highest BCUT2D eigenvalue weighted by molar-refractivity contribution is 7.99. The molecule has 2 rings (SSSR count). The third-order valence-electron chi connectivity index (χ3n) is 3.29. The van der Waals surface area contributed by atoms with Crippen LogP contribution < -0.4 is 5.32 Å². The lowest BCUT2D eigenvalue weighted by molar-refractivity contribution is -0.138. The van der Waals surface area contributed by atoms with Gasteiger partial charge in [-0.3, -0.25) is 4.79 Å². The van der Waals surface area contributed by atoms with Gasteiger partial charge in [0.05, 0.1) is 18.0 Å². The van der Waals surface area contributed by atoms with E-state index in [0.717, 1.165) is 10.8 Å². The maximum Gasteiger partial charge on any atom is 0.318 e. The Bertz CT molecular complexity index is 505. The van der Waals surface area contributed by atoms with Crippen LogP contribution in [0.4, 0.5) is 4.79 Å².